The smallest absolute Gasteiger partial charge is 0.251 e. The van der Waals surface area contributed by atoms with Gasteiger partial charge in [0.2, 0.25) is 0 Å². The Morgan fingerprint density at radius 2 is 2.06 bits per heavy atom. The van der Waals surface area contributed by atoms with Crippen LogP contribution in [0, 0.1) is 0 Å². The van der Waals surface area contributed by atoms with Gasteiger partial charge in [-0.1, -0.05) is 0 Å². The highest BCUT2D eigenvalue weighted by Crippen LogP contribution is 2.14. The SMILES string of the molecule is CSc1ccc(C(=O)NCC(N)C(C)O)cc1. The molecule has 0 spiro atoms. The van der Waals surface area contributed by atoms with Crippen LogP contribution < -0.4 is 11.1 Å². The summed E-state index contributed by atoms with van der Waals surface area (Å²) in [4.78, 5) is 12.8. The van der Waals surface area contributed by atoms with Crippen molar-refractivity contribution in [2.24, 2.45) is 5.73 Å². The van der Waals surface area contributed by atoms with E-state index in [0.717, 1.165) is 4.90 Å². The molecule has 0 saturated heterocycles. The number of rotatable bonds is 5. The van der Waals surface area contributed by atoms with Crippen molar-refractivity contribution in [3.05, 3.63) is 29.8 Å². The first-order valence-corrected chi connectivity index (χ1v) is 6.63. The number of nitrogens with two attached hydrogens (primary N) is 1. The van der Waals surface area contributed by atoms with Gasteiger partial charge in [-0.2, -0.15) is 0 Å². The molecule has 4 N–H and O–H groups in total. The lowest BCUT2D eigenvalue weighted by Crippen LogP contribution is -2.43. The van der Waals surface area contributed by atoms with Crippen molar-refractivity contribution >= 4 is 17.7 Å². The molecule has 1 amide bonds. The highest BCUT2D eigenvalue weighted by molar-refractivity contribution is 7.98. The van der Waals surface area contributed by atoms with Gasteiger partial charge in [0.05, 0.1) is 6.10 Å². The highest BCUT2D eigenvalue weighted by Gasteiger charge is 2.11. The lowest BCUT2D eigenvalue weighted by atomic mass is 10.2. The number of hydrogen-bond donors (Lipinski definition) is 3. The summed E-state index contributed by atoms with van der Waals surface area (Å²) in [5.74, 6) is -0.172. The average molecular weight is 254 g/mol. The van der Waals surface area contributed by atoms with Crippen LogP contribution >= 0.6 is 11.8 Å². The Bertz CT molecular complexity index is 365. The molecule has 5 heteroatoms. The number of thioether (sulfide) groups is 1. The van der Waals surface area contributed by atoms with Gasteiger partial charge in [0.15, 0.2) is 0 Å². The Hall–Kier alpha value is -1.04. The van der Waals surface area contributed by atoms with Gasteiger partial charge in [-0.3, -0.25) is 4.79 Å². The number of aliphatic hydroxyl groups excluding tert-OH is 1. The lowest BCUT2D eigenvalue weighted by molar-refractivity contribution is 0.0937. The molecular weight excluding hydrogens is 236 g/mol. The number of aliphatic hydroxyl groups is 1. The first-order chi connectivity index (χ1) is 8.04. The summed E-state index contributed by atoms with van der Waals surface area (Å²) >= 11 is 1.63. The molecule has 0 aliphatic heterocycles. The zero-order valence-corrected chi connectivity index (χ0v) is 10.8. The fourth-order valence-corrected chi connectivity index (χ4v) is 1.63. The molecule has 0 aliphatic rings. The maximum atomic E-state index is 11.7. The monoisotopic (exact) mass is 254 g/mol. The zero-order valence-electron chi connectivity index (χ0n) is 10.0. The molecule has 0 bridgehead atoms. The summed E-state index contributed by atoms with van der Waals surface area (Å²) in [6.07, 6.45) is 1.35. The van der Waals surface area contributed by atoms with E-state index in [1.165, 1.54) is 0 Å². The van der Waals surface area contributed by atoms with Crippen molar-refractivity contribution in [3.63, 3.8) is 0 Å². The number of hydrogen-bond acceptors (Lipinski definition) is 4. The molecule has 0 heterocycles. The molecule has 2 unspecified atom stereocenters. The van der Waals surface area contributed by atoms with E-state index in [2.05, 4.69) is 5.32 Å². The van der Waals surface area contributed by atoms with Crippen molar-refractivity contribution in [1.29, 1.82) is 0 Å². The Balaban J connectivity index is 2.52. The van der Waals surface area contributed by atoms with Crippen LogP contribution in [0.15, 0.2) is 29.2 Å². The summed E-state index contributed by atoms with van der Waals surface area (Å²) in [6.45, 7) is 1.87. The topological polar surface area (TPSA) is 75.4 Å². The van der Waals surface area contributed by atoms with Crippen LogP contribution in [0.1, 0.15) is 17.3 Å². The van der Waals surface area contributed by atoms with Crippen LogP contribution in [-0.2, 0) is 0 Å². The predicted molar refractivity (Wildman–Crippen MR) is 70.2 cm³/mol. The Kier molecular flexibility index (Phi) is 5.47. The van der Waals surface area contributed by atoms with E-state index in [9.17, 15) is 9.90 Å². The molecule has 0 aliphatic carbocycles. The molecule has 17 heavy (non-hydrogen) atoms. The number of benzene rings is 1. The van der Waals surface area contributed by atoms with Crippen LogP contribution in [0.2, 0.25) is 0 Å². The van der Waals surface area contributed by atoms with Gasteiger partial charge < -0.3 is 16.2 Å². The molecule has 0 aromatic heterocycles. The van der Waals surface area contributed by atoms with Gasteiger partial charge in [0.25, 0.3) is 5.91 Å². The third-order valence-electron chi connectivity index (χ3n) is 2.47. The van der Waals surface area contributed by atoms with E-state index in [4.69, 9.17) is 5.73 Å². The number of carbonyl (C=O) groups excluding carboxylic acids is 1. The quantitative estimate of drug-likeness (QED) is 0.681. The van der Waals surface area contributed by atoms with Gasteiger partial charge in [0.1, 0.15) is 0 Å². The maximum absolute atomic E-state index is 11.7. The van der Waals surface area contributed by atoms with Crippen LogP contribution in [0.3, 0.4) is 0 Å². The van der Waals surface area contributed by atoms with Crippen molar-refractivity contribution in [2.75, 3.05) is 12.8 Å². The summed E-state index contributed by atoms with van der Waals surface area (Å²) < 4.78 is 0. The van der Waals surface area contributed by atoms with Crippen molar-refractivity contribution < 1.29 is 9.90 Å². The largest absolute Gasteiger partial charge is 0.392 e. The molecule has 0 saturated carbocycles. The standard InChI is InChI=1S/C12H18N2O2S/c1-8(15)11(13)7-14-12(16)9-3-5-10(17-2)6-4-9/h3-6,8,11,15H,7,13H2,1-2H3,(H,14,16). The van der Waals surface area contributed by atoms with E-state index in [-0.39, 0.29) is 12.5 Å². The summed E-state index contributed by atoms with van der Waals surface area (Å²) in [6, 6.07) is 6.90. The van der Waals surface area contributed by atoms with E-state index >= 15 is 0 Å². The number of carbonyl (C=O) groups is 1. The molecule has 94 valence electrons. The minimum absolute atomic E-state index is 0.172. The molecular formula is C12H18N2O2S. The van der Waals surface area contributed by atoms with E-state index in [1.807, 2.05) is 18.4 Å². The van der Waals surface area contributed by atoms with Crippen molar-refractivity contribution in [1.82, 2.24) is 5.32 Å². The third kappa shape index (κ3) is 4.38. The first kappa shape index (κ1) is 14.0. The van der Waals surface area contributed by atoms with E-state index in [0.29, 0.717) is 5.56 Å². The molecule has 1 aromatic carbocycles. The second kappa shape index (κ2) is 6.64. The van der Waals surface area contributed by atoms with E-state index < -0.39 is 12.1 Å². The van der Waals surface area contributed by atoms with Gasteiger partial charge >= 0.3 is 0 Å². The zero-order chi connectivity index (χ0) is 12.8. The minimum Gasteiger partial charge on any atom is -0.392 e. The summed E-state index contributed by atoms with van der Waals surface area (Å²) in [5.41, 5.74) is 6.22. The van der Waals surface area contributed by atoms with Gasteiger partial charge in [-0.05, 0) is 37.4 Å². The molecule has 2 atom stereocenters. The predicted octanol–water partition coefficient (Wildman–Crippen LogP) is 0.846. The molecule has 0 radical (unpaired) electrons. The average Bonchev–Trinajstić information content (AvgIpc) is 2.35. The Morgan fingerprint density at radius 3 is 2.53 bits per heavy atom. The Labute approximate surface area is 106 Å². The van der Waals surface area contributed by atoms with Crippen molar-refractivity contribution in [3.8, 4) is 0 Å². The second-order valence-corrected chi connectivity index (χ2v) is 4.72. The maximum Gasteiger partial charge on any atom is 0.251 e. The second-order valence-electron chi connectivity index (χ2n) is 3.84. The fourth-order valence-electron chi connectivity index (χ4n) is 1.23. The van der Waals surface area contributed by atoms with Crippen LogP contribution in [0.5, 0.6) is 0 Å². The molecule has 1 aromatic rings. The normalized spacial score (nSPS) is 14.1. The highest BCUT2D eigenvalue weighted by atomic mass is 32.2. The summed E-state index contributed by atoms with van der Waals surface area (Å²) in [7, 11) is 0. The van der Waals surface area contributed by atoms with Crippen LogP contribution in [0.4, 0.5) is 0 Å². The molecule has 0 fully saturated rings. The lowest BCUT2D eigenvalue weighted by Gasteiger charge is -2.15. The van der Waals surface area contributed by atoms with Gasteiger partial charge in [0, 0.05) is 23.0 Å². The third-order valence-corrected chi connectivity index (χ3v) is 3.21. The van der Waals surface area contributed by atoms with Crippen molar-refractivity contribution in [2.45, 2.75) is 24.0 Å². The van der Waals surface area contributed by atoms with Crippen LogP contribution in [-0.4, -0.2) is 36.0 Å². The number of amides is 1. The van der Waals surface area contributed by atoms with Gasteiger partial charge in [-0.25, -0.2) is 0 Å². The fraction of sp³-hybridized carbons (Fsp3) is 0.417. The summed E-state index contributed by atoms with van der Waals surface area (Å²) in [5, 5.41) is 11.9. The molecule has 4 nitrogen and oxygen atoms in total. The van der Waals surface area contributed by atoms with E-state index in [1.54, 1.807) is 30.8 Å². The molecule has 1 rings (SSSR count). The Morgan fingerprint density at radius 1 is 1.47 bits per heavy atom. The minimum atomic E-state index is -0.630. The van der Waals surface area contributed by atoms with Gasteiger partial charge in [-0.15, -0.1) is 11.8 Å². The number of nitrogens with one attached hydrogen (secondary N) is 1. The van der Waals surface area contributed by atoms with Crippen LogP contribution in [0.25, 0.3) is 0 Å². The first-order valence-electron chi connectivity index (χ1n) is 5.40.